The van der Waals surface area contributed by atoms with Gasteiger partial charge < -0.3 is 4.74 Å². The molecule has 0 aromatic heterocycles. The lowest BCUT2D eigenvalue weighted by atomic mass is 9.87. The summed E-state index contributed by atoms with van der Waals surface area (Å²) in [4.78, 5) is 24.8. The van der Waals surface area contributed by atoms with Crippen LogP contribution in [0.3, 0.4) is 0 Å². The summed E-state index contributed by atoms with van der Waals surface area (Å²) in [6.07, 6.45) is 0.779. The molecule has 3 rings (SSSR count). The predicted octanol–water partition coefficient (Wildman–Crippen LogP) is 4.68. The second-order valence-corrected chi connectivity index (χ2v) is 8.35. The second kappa shape index (κ2) is 9.94. The average Bonchev–Trinajstić information content (AvgIpc) is 2.77. The highest BCUT2D eigenvalue weighted by atomic mass is 16.5. The normalized spacial score (nSPS) is 10.9. The van der Waals surface area contributed by atoms with E-state index < -0.39 is 5.91 Å². The molecule has 0 radical (unpaired) electrons. The molecule has 3 aromatic rings. The minimum absolute atomic E-state index is 0.0113. The van der Waals surface area contributed by atoms with Gasteiger partial charge >= 0.3 is 0 Å². The Morgan fingerprint density at radius 1 is 0.774 bits per heavy atom. The zero-order chi connectivity index (χ0) is 22.3. The van der Waals surface area contributed by atoms with Crippen LogP contribution >= 0.6 is 0 Å². The minimum atomic E-state index is -0.409. The number of ether oxygens (including phenoxy) is 1. The number of carbonyl (C=O) groups excluding carboxylic acids is 2. The Kier molecular flexibility index (Phi) is 7.08. The number of hydrogen-bond acceptors (Lipinski definition) is 3. The molecule has 0 bridgehead atoms. The molecule has 0 atom stereocenters. The van der Waals surface area contributed by atoms with Gasteiger partial charge in [0.05, 0.1) is 6.61 Å². The van der Waals surface area contributed by atoms with Gasteiger partial charge in [0.2, 0.25) is 0 Å². The summed E-state index contributed by atoms with van der Waals surface area (Å²) in [5, 5.41) is 0. The van der Waals surface area contributed by atoms with Gasteiger partial charge in [-0.1, -0.05) is 69.3 Å². The van der Waals surface area contributed by atoms with E-state index in [1.54, 1.807) is 36.4 Å². The molecule has 0 saturated heterocycles. The molecule has 0 aliphatic carbocycles. The summed E-state index contributed by atoms with van der Waals surface area (Å²) < 4.78 is 5.77. The summed E-state index contributed by atoms with van der Waals surface area (Å²) in [5.74, 6) is -0.176. The Morgan fingerprint density at radius 3 is 2.06 bits per heavy atom. The zero-order valence-electron chi connectivity index (χ0n) is 18.1. The number of hydrazine groups is 1. The van der Waals surface area contributed by atoms with Crippen molar-refractivity contribution in [2.45, 2.75) is 32.6 Å². The second-order valence-electron chi connectivity index (χ2n) is 8.35. The van der Waals surface area contributed by atoms with Crippen LogP contribution in [0, 0.1) is 0 Å². The minimum Gasteiger partial charge on any atom is -0.493 e. The molecule has 2 amide bonds. The summed E-state index contributed by atoms with van der Waals surface area (Å²) in [6, 6.07) is 24.3. The van der Waals surface area contributed by atoms with Crippen molar-refractivity contribution in [3.8, 4) is 5.75 Å². The van der Waals surface area contributed by atoms with Gasteiger partial charge in [-0.3, -0.25) is 20.4 Å². The van der Waals surface area contributed by atoms with Crippen molar-refractivity contribution in [2.75, 3.05) is 6.61 Å². The van der Waals surface area contributed by atoms with E-state index in [1.807, 2.05) is 42.5 Å². The first kappa shape index (κ1) is 22.1. The molecule has 0 saturated carbocycles. The van der Waals surface area contributed by atoms with E-state index >= 15 is 0 Å². The van der Waals surface area contributed by atoms with Crippen LogP contribution < -0.4 is 15.6 Å². The molecular formula is C26H28N2O3. The molecular weight excluding hydrogens is 388 g/mol. The lowest BCUT2D eigenvalue weighted by Gasteiger charge is -2.19. The fourth-order valence-corrected chi connectivity index (χ4v) is 3.04. The summed E-state index contributed by atoms with van der Waals surface area (Å²) in [6.45, 7) is 6.85. The van der Waals surface area contributed by atoms with Crippen LogP contribution in [0.5, 0.6) is 5.75 Å². The Labute approximate surface area is 183 Å². The van der Waals surface area contributed by atoms with E-state index in [2.05, 4.69) is 31.6 Å². The summed E-state index contributed by atoms with van der Waals surface area (Å²) in [7, 11) is 0. The third-order valence-electron chi connectivity index (χ3n) is 4.90. The number of nitrogens with one attached hydrogen (secondary N) is 2. The van der Waals surface area contributed by atoms with Crippen LogP contribution in [0.15, 0.2) is 78.9 Å². The maximum atomic E-state index is 12.4. The number of carbonyl (C=O) groups is 2. The molecule has 160 valence electrons. The van der Waals surface area contributed by atoms with Crippen LogP contribution in [0.25, 0.3) is 0 Å². The van der Waals surface area contributed by atoms with Crippen molar-refractivity contribution >= 4 is 11.8 Å². The van der Waals surface area contributed by atoms with Gasteiger partial charge in [-0.15, -0.1) is 0 Å². The first-order chi connectivity index (χ1) is 14.8. The summed E-state index contributed by atoms with van der Waals surface area (Å²) in [5.41, 5.74) is 8.14. The Hall–Kier alpha value is -3.60. The van der Waals surface area contributed by atoms with Gasteiger partial charge in [-0.2, -0.15) is 0 Å². The first-order valence-electron chi connectivity index (χ1n) is 10.3. The van der Waals surface area contributed by atoms with Gasteiger partial charge in [0.15, 0.2) is 0 Å². The number of rotatable bonds is 6. The maximum Gasteiger partial charge on any atom is 0.269 e. The molecule has 3 aromatic carbocycles. The van der Waals surface area contributed by atoms with Crippen LogP contribution in [-0.4, -0.2) is 18.4 Å². The van der Waals surface area contributed by atoms with E-state index in [0.717, 1.165) is 12.0 Å². The quantitative estimate of drug-likeness (QED) is 0.574. The van der Waals surface area contributed by atoms with Crippen LogP contribution in [0.1, 0.15) is 52.6 Å². The van der Waals surface area contributed by atoms with Crippen molar-refractivity contribution in [3.05, 3.63) is 101 Å². The van der Waals surface area contributed by atoms with Gasteiger partial charge in [-0.05, 0) is 46.9 Å². The van der Waals surface area contributed by atoms with Crippen molar-refractivity contribution in [1.82, 2.24) is 10.9 Å². The molecule has 0 unspecified atom stereocenters. The lowest BCUT2D eigenvalue weighted by molar-refractivity contribution is 0.0846. The van der Waals surface area contributed by atoms with E-state index in [9.17, 15) is 9.59 Å². The Bertz CT molecular complexity index is 1020. The fourth-order valence-electron chi connectivity index (χ4n) is 3.04. The van der Waals surface area contributed by atoms with Crippen LogP contribution in [0.2, 0.25) is 0 Å². The number of benzene rings is 3. The van der Waals surface area contributed by atoms with Crippen molar-refractivity contribution in [1.29, 1.82) is 0 Å². The molecule has 0 heterocycles. The molecule has 0 spiro atoms. The molecule has 2 N–H and O–H groups in total. The van der Waals surface area contributed by atoms with Crippen molar-refractivity contribution < 1.29 is 14.3 Å². The van der Waals surface area contributed by atoms with E-state index in [0.29, 0.717) is 23.5 Å². The molecule has 5 heteroatoms. The Balaban J connectivity index is 1.52. The summed E-state index contributed by atoms with van der Waals surface area (Å²) >= 11 is 0. The zero-order valence-corrected chi connectivity index (χ0v) is 18.1. The van der Waals surface area contributed by atoms with E-state index in [4.69, 9.17) is 4.74 Å². The standard InChI is InChI=1S/C26H28N2O3/c1-26(2,3)22-14-12-20(13-15-22)24(29)27-28-25(30)21-10-7-11-23(18-21)31-17-16-19-8-5-4-6-9-19/h4-15,18H,16-17H2,1-3H3,(H,27,29)(H,28,30). The SMILES string of the molecule is CC(C)(C)c1ccc(C(=O)NNC(=O)c2cccc(OCCc3ccccc3)c2)cc1. The highest BCUT2D eigenvalue weighted by Gasteiger charge is 2.15. The topological polar surface area (TPSA) is 67.4 Å². The number of hydrogen-bond donors (Lipinski definition) is 2. The lowest BCUT2D eigenvalue weighted by Crippen LogP contribution is -2.41. The first-order valence-corrected chi connectivity index (χ1v) is 10.3. The maximum absolute atomic E-state index is 12.4. The van der Waals surface area contributed by atoms with Gasteiger partial charge in [0.1, 0.15) is 5.75 Å². The average molecular weight is 417 g/mol. The smallest absolute Gasteiger partial charge is 0.269 e. The predicted molar refractivity (Wildman–Crippen MR) is 122 cm³/mol. The fraction of sp³-hybridized carbons (Fsp3) is 0.231. The molecule has 0 aliphatic rings. The largest absolute Gasteiger partial charge is 0.493 e. The highest BCUT2D eigenvalue weighted by molar-refractivity contribution is 5.99. The van der Waals surface area contributed by atoms with Crippen molar-refractivity contribution in [2.24, 2.45) is 0 Å². The molecule has 0 fully saturated rings. The molecule has 5 nitrogen and oxygen atoms in total. The third kappa shape index (κ3) is 6.44. The van der Waals surface area contributed by atoms with E-state index in [1.165, 1.54) is 5.56 Å². The van der Waals surface area contributed by atoms with Crippen molar-refractivity contribution in [3.63, 3.8) is 0 Å². The van der Waals surface area contributed by atoms with Gasteiger partial charge in [0.25, 0.3) is 11.8 Å². The molecule has 31 heavy (non-hydrogen) atoms. The van der Waals surface area contributed by atoms with Crippen LogP contribution in [-0.2, 0) is 11.8 Å². The van der Waals surface area contributed by atoms with Gasteiger partial charge in [0, 0.05) is 17.5 Å². The van der Waals surface area contributed by atoms with Crippen LogP contribution in [0.4, 0.5) is 0 Å². The Morgan fingerprint density at radius 2 is 1.42 bits per heavy atom. The monoisotopic (exact) mass is 416 g/mol. The van der Waals surface area contributed by atoms with Gasteiger partial charge in [-0.25, -0.2) is 0 Å². The number of amides is 2. The van der Waals surface area contributed by atoms with E-state index in [-0.39, 0.29) is 11.3 Å². The third-order valence-corrected chi connectivity index (χ3v) is 4.90. The highest BCUT2D eigenvalue weighted by Crippen LogP contribution is 2.22. The molecule has 0 aliphatic heterocycles.